The summed E-state index contributed by atoms with van der Waals surface area (Å²) in [6.45, 7) is 1.22. The molecule has 1 N–H and O–H groups in total. The van der Waals surface area contributed by atoms with E-state index in [2.05, 4.69) is 15.2 Å². The fourth-order valence-corrected chi connectivity index (χ4v) is 1.69. The molecular formula is C14H17N3O2. The highest BCUT2D eigenvalue weighted by atomic mass is 16.5. The molecule has 1 heterocycles. The van der Waals surface area contributed by atoms with Gasteiger partial charge in [-0.2, -0.15) is 5.10 Å². The van der Waals surface area contributed by atoms with Crippen LogP contribution in [0.4, 0.5) is 0 Å². The Hall–Kier alpha value is -2.14. The van der Waals surface area contributed by atoms with Crippen molar-refractivity contribution in [1.29, 1.82) is 0 Å². The fraction of sp³-hybridized carbons (Fsp3) is 0.286. The number of carbonyl (C=O) groups excluding carboxylic acids is 1. The summed E-state index contributed by atoms with van der Waals surface area (Å²) in [5.41, 5.74) is 1.97. The summed E-state index contributed by atoms with van der Waals surface area (Å²) in [4.78, 5) is 10.9. The van der Waals surface area contributed by atoms with Crippen molar-refractivity contribution in [2.24, 2.45) is 0 Å². The number of nitrogens with zero attached hydrogens (tertiary/aromatic N) is 2. The van der Waals surface area contributed by atoms with Gasteiger partial charge in [-0.15, -0.1) is 0 Å². The van der Waals surface area contributed by atoms with E-state index in [1.807, 2.05) is 47.3 Å². The number of hydrogen-bond acceptors (Lipinski definition) is 4. The molecule has 0 aliphatic carbocycles. The number of para-hydroxylation sites is 1. The average molecular weight is 259 g/mol. The van der Waals surface area contributed by atoms with Crippen molar-refractivity contribution in [3.8, 4) is 5.69 Å². The first-order chi connectivity index (χ1) is 9.29. The van der Waals surface area contributed by atoms with Crippen LogP contribution in [0.25, 0.3) is 5.69 Å². The summed E-state index contributed by atoms with van der Waals surface area (Å²) < 4.78 is 6.40. The largest absolute Gasteiger partial charge is 0.469 e. The van der Waals surface area contributed by atoms with Crippen molar-refractivity contribution in [1.82, 2.24) is 15.1 Å². The fourth-order valence-electron chi connectivity index (χ4n) is 1.69. The van der Waals surface area contributed by atoms with Gasteiger partial charge in [0.25, 0.3) is 0 Å². The maximum absolute atomic E-state index is 10.9. The van der Waals surface area contributed by atoms with Gasteiger partial charge in [-0.1, -0.05) is 18.2 Å². The van der Waals surface area contributed by atoms with Gasteiger partial charge in [0.05, 0.1) is 24.9 Å². The quantitative estimate of drug-likeness (QED) is 0.631. The third-order valence-electron chi connectivity index (χ3n) is 2.70. The molecule has 0 atom stereocenters. The number of aromatic nitrogens is 2. The highest BCUT2D eigenvalue weighted by molar-refractivity contribution is 5.69. The number of carbonyl (C=O) groups is 1. The van der Waals surface area contributed by atoms with E-state index in [1.54, 1.807) is 0 Å². The molecule has 0 saturated carbocycles. The molecule has 5 nitrogen and oxygen atoms in total. The molecule has 100 valence electrons. The maximum Gasteiger partial charge on any atom is 0.306 e. The summed E-state index contributed by atoms with van der Waals surface area (Å²) in [6, 6.07) is 11.9. The molecule has 0 bridgehead atoms. The van der Waals surface area contributed by atoms with Crippen LogP contribution in [0, 0.1) is 0 Å². The molecule has 0 radical (unpaired) electrons. The second-order valence-electron chi connectivity index (χ2n) is 4.09. The molecule has 0 spiro atoms. The van der Waals surface area contributed by atoms with Gasteiger partial charge in [0.15, 0.2) is 0 Å². The maximum atomic E-state index is 10.9. The van der Waals surface area contributed by atoms with Crippen LogP contribution in [0.2, 0.25) is 0 Å². The Bertz CT molecular complexity index is 522. The van der Waals surface area contributed by atoms with Crippen molar-refractivity contribution < 1.29 is 9.53 Å². The summed E-state index contributed by atoms with van der Waals surface area (Å²) >= 11 is 0. The van der Waals surface area contributed by atoms with Crippen LogP contribution in [0.3, 0.4) is 0 Å². The van der Waals surface area contributed by atoms with Crippen LogP contribution in [0.15, 0.2) is 42.6 Å². The molecule has 0 aliphatic rings. The lowest BCUT2D eigenvalue weighted by molar-refractivity contribution is -0.140. The van der Waals surface area contributed by atoms with Gasteiger partial charge in [-0.3, -0.25) is 4.79 Å². The monoisotopic (exact) mass is 259 g/mol. The first-order valence-corrected chi connectivity index (χ1v) is 6.17. The Labute approximate surface area is 112 Å². The Kier molecular flexibility index (Phi) is 4.69. The number of nitrogens with one attached hydrogen (secondary N) is 1. The van der Waals surface area contributed by atoms with Crippen molar-refractivity contribution in [3.63, 3.8) is 0 Å². The normalized spacial score (nSPS) is 10.4. The average Bonchev–Trinajstić information content (AvgIpc) is 2.93. The summed E-state index contributed by atoms with van der Waals surface area (Å²) in [5.74, 6) is -0.206. The molecule has 0 fully saturated rings. The van der Waals surface area contributed by atoms with Crippen LogP contribution in [0.1, 0.15) is 12.1 Å². The lowest BCUT2D eigenvalue weighted by atomic mass is 10.3. The number of rotatable bonds is 6. The number of hydrogen-bond donors (Lipinski definition) is 1. The van der Waals surface area contributed by atoms with E-state index in [0.29, 0.717) is 19.5 Å². The van der Waals surface area contributed by atoms with Crippen LogP contribution in [-0.2, 0) is 16.1 Å². The summed E-state index contributed by atoms with van der Waals surface area (Å²) in [5, 5.41) is 7.61. The van der Waals surface area contributed by atoms with Gasteiger partial charge in [0.2, 0.25) is 0 Å². The molecule has 1 aromatic carbocycles. The van der Waals surface area contributed by atoms with Gasteiger partial charge in [-0.25, -0.2) is 4.68 Å². The zero-order valence-corrected chi connectivity index (χ0v) is 10.9. The van der Waals surface area contributed by atoms with Gasteiger partial charge in [0.1, 0.15) is 0 Å². The highest BCUT2D eigenvalue weighted by Gasteiger charge is 2.02. The first-order valence-electron chi connectivity index (χ1n) is 6.17. The number of ether oxygens (including phenoxy) is 1. The standard InChI is InChI=1S/C14H17N3O2/c1-19-14(18)7-9-15-11-12-8-10-17(16-12)13-5-3-2-4-6-13/h2-6,8,10,15H,7,9,11H2,1H3. The number of methoxy groups -OCH3 is 1. The third-order valence-corrected chi connectivity index (χ3v) is 2.70. The predicted octanol–water partition coefficient (Wildman–Crippen LogP) is 1.52. The van der Waals surface area contributed by atoms with Gasteiger partial charge in [0, 0.05) is 19.3 Å². The Morgan fingerprint density at radius 2 is 2.11 bits per heavy atom. The molecule has 0 saturated heterocycles. The predicted molar refractivity (Wildman–Crippen MR) is 71.9 cm³/mol. The molecule has 1 aromatic heterocycles. The van der Waals surface area contributed by atoms with E-state index in [9.17, 15) is 4.79 Å². The lowest BCUT2D eigenvalue weighted by Gasteiger charge is -2.02. The van der Waals surface area contributed by atoms with Gasteiger partial charge in [-0.05, 0) is 18.2 Å². The zero-order valence-electron chi connectivity index (χ0n) is 10.9. The van der Waals surface area contributed by atoms with Crippen molar-refractivity contribution in [3.05, 3.63) is 48.3 Å². The van der Waals surface area contributed by atoms with Crippen molar-refractivity contribution in [2.75, 3.05) is 13.7 Å². The van der Waals surface area contributed by atoms with E-state index in [-0.39, 0.29) is 5.97 Å². The number of benzene rings is 1. The molecule has 5 heteroatoms. The van der Waals surface area contributed by atoms with E-state index >= 15 is 0 Å². The van der Waals surface area contributed by atoms with Crippen molar-refractivity contribution >= 4 is 5.97 Å². The molecular weight excluding hydrogens is 242 g/mol. The van der Waals surface area contributed by atoms with E-state index in [4.69, 9.17) is 0 Å². The smallest absolute Gasteiger partial charge is 0.306 e. The third kappa shape index (κ3) is 3.93. The molecule has 0 aliphatic heterocycles. The van der Waals surface area contributed by atoms with Crippen LogP contribution in [-0.4, -0.2) is 29.4 Å². The minimum absolute atomic E-state index is 0.206. The SMILES string of the molecule is COC(=O)CCNCc1ccn(-c2ccccc2)n1. The Morgan fingerprint density at radius 3 is 2.84 bits per heavy atom. The van der Waals surface area contributed by atoms with Crippen molar-refractivity contribution in [2.45, 2.75) is 13.0 Å². The topological polar surface area (TPSA) is 56.1 Å². The van der Waals surface area contributed by atoms with Crippen LogP contribution in [0.5, 0.6) is 0 Å². The summed E-state index contributed by atoms with van der Waals surface area (Å²) in [7, 11) is 1.39. The van der Waals surface area contributed by atoms with E-state index in [0.717, 1.165) is 11.4 Å². The highest BCUT2D eigenvalue weighted by Crippen LogP contribution is 2.06. The van der Waals surface area contributed by atoms with Crippen LogP contribution >= 0.6 is 0 Å². The minimum atomic E-state index is -0.206. The molecule has 2 aromatic rings. The second-order valence-corrected chi connectivity index (χ2v) is 4.09. The lowest BCUT2D eigenvalue weighted by Crippen LogP contribution is -2.18. The molecule has 0 amide bonds. The molecule has 0 unspecified atom stereocenters. The first kappa shape index (κ1) is 13.3. The Balaban J connectivity index is 1.83. The second kappa shape index (κ2) is 6.70. The van der Waals surface area contributed by atoms with Crippen LogP contribution < -0.4 is 5.32 Å². The minimum Gasteiger partial charge on any atom is -0.469 e. The van der Waals surface area contributed by atoms with E-state index in [1.165, 1.54) is 7.11 Å². The number of esters is 1. The molecule has 2 rings (SSSR count). The van der Waals surface area contributed by atoms with Gasteiger partial charge >= 0.3 is 5.97 Å². The summed E-state index contributed by atoms with van der Waals surface area (Å²) in [6.07, 6.45) is 2.29. The van der Waals surface area contributed by atoms with E-state index < -0.39 is 0 Å². The zero-order chi connectivity index (χ0) is 13.5. The van der Waals surface area contributed by atoms with Gasteiger partial charge < -0.3 is 10.1 Å². The Morgan fingerprint density at radius 1 is 1.32 bits per heavy atom. The molecule has 19 heavy (non-hydrogen) atoms.